The average Bonchev–Trinajstić information content (AvgIpc) is 2.81. The Hall–Kier alpha value is -2.07. The van der Waals surface area contributed by atoms with Gasteiger partial charge in [-0.05, 0) is 33.6 Å². The second kappa shape index (κ2) is 7.64. The maximum atomic E-state index is 11.4. The van der Waals surface area contributed by atoms with Crippen LogP contribution in [0.3, 0.4) is 0 Å². The van der Waals surface area contributed by atoms with Crippen molar-refractivity contribution in [2.24, 2.45) is 0 Å². The quantitative estimate of drug-likeness (QED) is 0.684. The number of hydrogen-bond donors (Lipinski definition) is 1. The molecule has 0 saturated carbocycles. The lowest BCUT2D eigenvalue weighted by Gasteiger charge is -2.18. The summed E-state index contributed by atoms with van der Waals surface area (Å²) >= 11 is 1.15. The zero-order chi connectivity index (χ0) is 15.9. The monoisotopic (exact) mass is 310 g/mol. The summed E-state index contributed by atoms with van der Waals surface area (Å²) < 4.78 is 9.91. The van der Waals surface area contributed by atoms with Gasteiger partial charge in [0, 0.05) is 0 Å². The zero-order valence-corrected chi connectivity index (χ0v) is 13.3. The Labute approximate surface area is 127 Å². The smallest absolute Gasteiger partial charge is 0.408 e. The van der Waals surface area contributed by atoms with Crippen molar-refractivity contribution < 1.29 is 19.1 Å². The van der Waals surface area contributed by atoms with E-state index in [1.165, 1.54) is 6.20 Å². The fourth-order valence-electron chi connectivity index (χ4n) is 1.18. The maximum absolute atomic E-state index is 11.4. The predicted octanol–water partition coefficient (Wildman–Crippen LogP) is 2.20. The molecule has 0 spiro atoms. The van der Waals surface area contributed by atoms with Gasteiger partial charge in [-0.25, -0.2) is 14.6 Å². The molecule has 0 aliphatic carbocycles. The van der Waals surface area contributed by atoms with Gasteiger partial charge in [-0.15, -0.1) is 0 Å². The Morgan fingerprint density at radius 2 is 2.14 bits per heavy atom. The van der Waals surface area contributed by atoms with Gasteiger partial charge in [0.2, 0.25) is 0 Å². The molecule has 0 radical (unpaired) electrons. The van der Waals surface area contributed by atoms with Crippen LogP contribution in [0.2, 0.25) is 0 Å². The molecule has 0 saturated heterocycles. The van der Waals surface area contributed by atoms with Crippen LogP contribution in [0.1, 0.15) is 42.4 Å². The van der Waals surface area contributed by atoms with Gasteiger partial charge in [0.1, 0.15) is 10.5 Å². The minimum Gasteiger partial charge on any atom is -0.462 e. The largest absolute Gasteiger partial charge is 0.462 e. The van der Waals surface area contributed by atoms with E-state index in [2.05, 4.69) is 22.1 Å². The standard InChI is InChI=1S/C14H18N2O4S/c1-5-19-12(17)10-9-16-11(21-10)7-6-8-15-13(18)20-14(2,3)4/h9H,5,8H2,1-4H3,(H,15,18). The summed E-state index contributed by atoms with van der Waals surface area (Å²) in [7, 11) is 0. The lowest BCUT2D eigenvalue weighted by Crippen LogP contribution is -2.32. The number of rotatable bonds is 3. The Balaban J connectivity index is 2.45. The van der Waals surface area contributed by atoms with Crippen molar-refractivity contribution in [1.82, 2.24) is 10.3 Å². The van der Waals surface area contributed by atoms with E-state index in [1.54, 1.807) is 27.7 Å². The molecular weight excluding hydrogens is 292 g/mol. The summed E-state index contributed by atoms with van der Waals surface area (Å²) in [5.74, 6) is 5.09. The SMILES string of the molecule is CCOC(=O)c1cnc(C#CCNC(=O)OC(C)(C)C)s1. The number of amides is 1. The molecular formula is C14H18N2O4S. The zero-order valence-electron chi connectivity index (χ0n) is 12.5. The van der Waals surface area contributed by atoms with Gasteiger partial charge < -0.3 is 14.8 Å². The molecule has 1 aromatic rings. The van der Waals surface area contributed by atoms with Crippen LogP contribution < -0.4 is 5.32 Å². The van der Waals surface area contributed by atoms with Crippen LogP contribution in [0.5, 0.6) is 0 Å². The number of nitrogens with one attached hydrogen (secondary N) is 1. The molecule has 0 aliphatic rings. The maximum Gasteiger partial charge on any atom is 0.408 e. The van der Waals surface area contributed by atoms with Gasteiger partial charge in [0.15, 0.2) is 5.01 Å². The summed E-state index contributed by atoms with van der Waals surface area (Å²) in [4.78, 5) is 27.2. The van der Waals surface area contributed by atoms with Crippen molar-refractivity contribution in [2.75, 3.05) is 13.2 Å². The Bertz CT molecular complexity index is 564. The number of hydrogen-bond acceptors (Lipinski definition) is 6. The number of ether oxygens (including phenoxy) is 2. The molecule has 0 aromatic carbocycles. The third kappa shape index (κ3) is 6.77. The molecule has 0 aliphatic heterocycles. The number of carbonyl (C=O) groups excluding carboxylic acids is 2. The number of carbonyl (C=O) groups is 2. The number of aromatic nitrogens is 1. The molecule has 0 unspecified atom stereocenters. The molecule has 0 atom stereocenters. The van der Waals surface area contributed by atoms with Gasteiger partial charge >= 0.3 is 12.1 Å². The highest BCUT2D eigenvalue weighted by atomic mass is 32.1. The first-order valence-electron chi connectivity index (χ1n) is 6.40. The third-order valence-electron chi connectivity index (χ3n) is 1.90. The molecule has 1 rings (SSSR count). The Morgan fingerprint density at radius 1 is 1.43 bits per heavy atom. The molecule has 0 bridgehead atoms. The number of esters is 1. The van der Waals surface area contributed by atoms with E-state index in [0.29, 0.717) is 16.5 Å². The molecule has 1 aromatic heterocycles. The van der Waals surface area contributed by atoms with Crippen LogP contribution >= 0.6 is 11.3 Å². The van der Waals surface area contributed by atoms with Gasteiger partial charge in [-0.3, -0.25) is 0 Å². The van der Waals surface area contributed by atoms with Gasteiger partial charge in [-0.2, -0.15) is 0 Å². The van der Waals surface area contributed by atoms with Crippen LogP contribution in [-0.2, 0) is 9.47 Å². The molecule has 1 N–H and O–H groups in total. The predicted molar refractivity (Wildman–Crippen MR) is 79.2 cm³/mol. The third-order valence-corrected chi connectivity index (χ3v) is 2.79. The van der Waals surface area contributed by atoms with Crippen LogP contribution in [0.15, 0.2) is 6.20 Å². The topological polar surface area (TPSA) is 77.5 Å². The number of thiazole rings is 1. The summed E-state index contributed by atoms with van der Waals surface area (Å²) in [6.45, 7) is 7.54. The van der Waals surface area contributed by atoms with Crippen molar-refractivity contribution >= 4 is 23.4 Å². The molecule has 1 amide bonds. The summed E-state index contributed by atoms with van der Waals surface area (Å²) in [6.07, 6.45) is 0.900. The van der Waals surface area contributed by atoms with E-state index < -0.39 is 17.7 Å². The second-order valence-electron chi connectivity index (χ2n) is 4.91. The van der Waals surface area contributed by atoms with Crippen molar-refractivity contribution in [3.8, 4) is 11.8 Å². The van der Waals surface area contributed by atoms with Crippen LogP contribution in [0, 0.1) is 11.8 Å². The van der Waals surface area contributed by atoms with Gasteiger partial charge in [-0.1, -0.05) is 17.3 Å². The Kier molecular flexibility index (Phi) is 6.18. The first kappa shape index (κ1) is 17.0. The van der Waals surface area contributed by atoms with Crippen molar-refractivity contribution in [3.05, 3.63) is 16.1 Å². The lowest BCUT2D eigenvalue weighted by atomic mass is 10.2. The van der Waals surface area contributed by atoms with Crippen molar-refractivity contribution in [2.45, 2.75) is 33.3 Å². The summed E-state index contributed by atoms with van der Waals surface area (Å²) in [5.41, 5.74) is -0.540. The molecule has 0 fully saturated rings. The summed E-state index contributed by atoms with van der Waals surface area (Å²) in [5, 5.41) is 3.00. The number of alkyl carbamates (subject to hydrolysis) is 1. The summed E-state index contributed by atoms with van der Waals surface area (Å²) in [6, 6.07) is 0. The van der Waals surface area contributed by atoms with E-state index in [9.17, 15) is 9.59 Å². The van der Waals surface area contributed by atoms with Gasteiger partial charge in [0.05, 0.1) is 19.3 Å². The minimum atomic E-state index is -0.540. The van der Waals surface area contributed by atoms with E-state index in [4.69, 9.17) is 9.47 Å². The fourth-order valence-corrected chi connectivity index (χ4v) is 1.86. The van der Waals surface area contributed by atoms with E-state index in [-0.39, 0.29) is 6.54 Å². The van der Waals surface area contributed by atoms with E-state index in [1.807, 2.05) is 0 Å². The van der Waals surface area contributed by atoms with E-state index in [0.717, 1.165) is 11.3 Å². The highest BCUT2D eigenvalue weighted by molar-refractivity contribution is 7.14. The first-order chi connectivity index (χ1) is 9.81. The molecule has 21 heavy (non-hydrogen) atoms. The second-order valence-corrected chi connectivity index (χ2v) is 5.94. The molecule has 114 valence electrons. The lowest BCUT2D eigenvalue weighted by molar-refractivity contribution is 0.0522. The van der Waals surface area contributed by atoms with Crippen molar-refractivity contribution in [1.29, 1.82) is 0 Å². The first-order valence-corrected chi connectivity index (χ1v) is 7.22. The Morgan fingerprint density at radius 3 is 2.76 bits per heavy atom. The highest BCUT2D eigenvalue weighted by Crippen LogP contribution is 2.12. The van der Waals surface area contributed by atoms with Gasteiger partial charge in [0.25, 0.3) is 0 Å². The van der Waals surface area contributed by atoms with E-state index >= 15 is 0 Å². The molecule has 6 nitrogen and oxygen atoms in total. The minimum absolute atomic E-state index is 0.142. The molecule has 7 heteroatoms. The normalized spacial score (nSPS) is 10.3. The number of nitrogens with zero attached hydrogens (tertiary/aromatic N) is 1. The van der Waals surface area contributed by atoms with Crippen LogP contribution in [0.25, 0.3) is 0 Å². The highest BCUT2D eigenvalue weighted by Gasteiger charge is 2.15. The fraction of sp³-hybridized carbons (Fsp3) is 0.500. The van der Waals surface area contributed by atoms with Crippen LogP contribution in [-0.4, -0.2) is 35.8 Å². The molecule has 1 heterocycles. The van der Waals surface area contributed by atoms with Crippen LogP contribution in [0.4, 0.5) is 4.79 Å². The van der Waals surface area contributed by atoms with Crippen molar-refractivity contribution in [3.63, 3.8) is 0 Å². The average molecular weight is 310 g/mol.